The standard InChI is InChI=1S/C10H18FNO/c1-9(2)5-10(7-13)3-8(11)4-12(10)6-9/h8,13H,3-7H2,1-2H3/t8-,10-/m1/s1. The Balaban J connectivity index is 2.20. The minimum absolute atomic E-state index is 0.108. The number of aliphatic hydroxyl groups is 1. The fourth-order valence-corrected chi connectivity index (χ4v) is 3.14. The van der Waals surface area contributed by atoms with Crippen LogP contribution in [-0.4, -0.2) is 41.4 Å². The van der Waals surface area contributed by atoms with Crippen molar-refractivity contribution in [1.82, 2.24) is 4.90 Å². The molecule has 0 spiro atoms. The molecule has 0 aromatic heterocycles. The van der Waals surface area contributed by atoms with Crippen molar-refractivity contribution in [3.05, 3.63) is 0 Å². The highest BCUT2D eigenvalue weighted by molar-refractivity contribution is 5.08. The zero-order chi connectivity index (χ0) is 9.69. The molecule has 3 heteroatoms. The van der Waals surface area contributed by atoms with Crippen LogP contribution in [0.4, 0.5) is 4.39 Å². The summed E-state index contributed by atoms with van der Waals surface area (Å²) in [6, 6.07) is 0. The fourth-order valence-electron chi connectivity index (χ4n) is 3.14. The molecule has 1 N–H and O–H groups in total. The molecule has 0 aromatic rings. The van der Waals surface area contributed by atoms with E-state index in [0.29, 0.717) is 13.0 Å². The average Bonchev–Trinajstić information content (AvgIpc) is 2.36. The first-order chi connectivity index (χ1) is 5.97. The Morgan fingerprint density at radius 3 is 2.77 bits per heavy atom. The molecule has 2 saturated heterocycles. The molecular weight excluding hydrogens is 169 g/mol. The van der Waals surface area contributed by atoms with Crippen LogP contribution in [-0.2, 0) is 0 Å². The van der Waals surface area contributed by atoms with Gasteiger partial charge in [0.25, 0.3) is 0 Å². The van der Waals surface area contributed by atoms with Gasteiger partial charge in [-0.05, 0) is 11.8 Å². The maximum atomic E-state index is 13.2. The first-order valence-electron chi connectivity index (χ1n) is 4.97. The molecule has 13 heavy (non-hydrogen) atoms. The summed E-state index contributed by atoms with van der Waals surface area (Å²) < 4.78 is 13.2. The maximum absolute atomic E-state index is 13.2. The van der Waals surface area contributed by atoms with Gasteiger partial charge in [0, 0.05) is 25.0 Å². The minimum Gasteiger partial charge on any atom is -0.394 e. The largest absolute Gasteiger partial charge is 0.394 e. The predicted octanol–water partition coefficient (Wildman–Crippen LogP) is 1.19. The lowest BCUT2D eigenvalue weighted by atomic mass is 9.82. The number of hydrogen-bond donors (Lipinski definition) is 1. The Hall–Kier alpha value is -0.150. The second-order valence-corrected chi connectivity index (χ2v) is 5.41. The zero-order valence-corrected chi connectivity index (χ0v) is 8.39. The molecule has 76 valence electrons. The smallest absolute Gasteiger partial charge is 0.115 e. The summed E-state index contributed by atoms with van der Waals surface area (Å²) in [5, 5.41) is 9.37. The molecule has 2 rings (SSSR count). The Labute approximate surface area is 78.7 Å². The number of hydrogen-bond acceptors (Lipinski definition) is 2. The van der Waals surface area contributed by atoms with Crippen LogP contribution >= 0.6 is 0 Å². The average molecular weight is 187 g/mol. The van der Waals surface area contributed by atoms with Gasteiger partial charge in [-0.3, -0.25) is 4.90 Å². The van der Waals surface area contributed by atoms with Crippen molar-refractivity contribution in [2.24, 2.45) is 5.41 Å². The lowest BCUT2D eigenvalue weighted by Gasteiger charge is -2.29. The number of aliphatic hydroxyl groups excluding tert-OH is 1. The normalized spacial score (nSPS) is 43.8. The van der Waals surface area contributed by atoms with Gasteiger partial charge in [0.1, 0.15) is 6.17 Å². The Bertz CT molecular complexity index is 219. The van der Waals surface area contributed by atoms with Crippen LogP contribution in [0.1, 0.15) is 26.7 Å². The molecule has 2 atom stereocenters. The van der Waals surface area contributed by atoms with Crippen molar-refractivity contribution >= 4 is 0 Å². The topological polar surface area (TPSA) is 23.5 Å². The highest BCUT2D eigenvalue weighted by Crippen LogP contribution is 2.47. The quantitative estimate of drug-likeness (QED) is 0.666. The predicted molar refractivity (Wildman–Crippen MR) is 49.3 cm³/mol. The van der Waals surface area contributed by atoms with Crippen molar-refractivity contribution in [1.29, 1.82) is 0 Å². The van der Waals surface area contributed by atoms with Gasteiger partial charge in [0.2, 0.25) is 0 Å². The molecule has 0 aliphatic carbocycles. The SMILES string of the molecule is CC1(C)CN2C[C@H](F)C[C@]2(CO)C1. The van der Waals surface area contributed by atoms with Crippen LogP contribution < -0.4 is 0 Å². The molecule has 0 unspecified atom stereocenters. The number of nitrogens with zero attached hydrogens (tertiary/aromatic N) is 1. The van der Waals surface area contributed by atoms with E-state index in [1.165, 1.54) is 0 Å². The van der Waals surface area contributed by atoms with Crippen molar-refractivity contribution in [3.63, 3.8) is 0 Å². The maximum Gasteiger partial charge on any atom is 0.115 e. The van der Waals surface area contributed by atoms with Crippen molar-refractivity contribution in [2.75, 3.05) is 19.7 Å². The Morgan fingerprint density at radius 1 is 1.54 bits per heavy atom. The molecule has 0 saturated carbocycles. The third-order valence-electron chi connectivity index (χ3n) is 3.41. The second-order valence-electron chi connectivity index (χ2n) is 5.41. The van der Waals surface area contributed by atoms with E-state index in [9.17, 15) is 9.50 Å². The molecule has 2 aliphatic rings. The molecule has 0 bridgehead atoms. The first kappa shape index (κ1) is 9.41. The van der Waals surface area contributed by atoms with Crippen LogP contribution in [0.25, 0.3) is 0 Å². The van der Waals surface area contributed by atoms with Gasteiger partial charge in [0.05, 0.1) is 6.61 Å². The van der Waals surface area contributed by atoms with Crippen molar-refractivity contribution in [3.8, 4) is 0 Å². The monoisotopic (exact) mass is 187 g/mol. The van der Waals surface area contributed by atoms with Crippen LogP contribution in [0.5, 0.6) is 0 Å². The van der Waals surface area contributed by atoms with Gasteiger partial charge in [0.15, 0.2) is 0 Å². The second kappa shape index (κ2) is 2.67. The van der Waals surface area contributed by atoms with E-state index in [1.807, 2.05) is 0 Å². The van der Waals surface area contributed by atoms with Crippen molar-refractivity contribution in [2.45, 2.75) is 38.4 Å². The highest BCUT2D eigenvalue weighted by Gasteiger charge is 2.54. The lowest BCUT2D eigenvalue weighted by molar-refractivity contribution is 0.0992. The molecule has 0 amide bonds. The molecule has 2 aliphatic heterocycles. The summed E-state index contributed by atoms with van der Waals surface area (Å²) in [5.74, 6) is 0. The number of halogens is 1. The van der Waals surface area contributed by atoms with E-state index in [4.69, 9.17) is 0 Å². The Morgan fingerprint density at radius 2 is 2.23 bits per heavy atom. The van der Waals surface area contributed by atoms with E-state index in [-0.39, 0.29) is 17.6 Å². The van der Waals surface area contributed by atoms with Gasteiger partial charge >= 0.3 is 0 Å². The first-order valence-corrected chi connectivity index (χ1v) is 4.97. The summed E-state index contributed by atoms with van der Waals surface area (Å²) >= 11 is 0. The van der Waals surface area contributed by atoms with E-state index >= 15 is 0 Å². The van der Waals surface area contributed by atoms with Gasteiger partial charge < -0.3 is 5.11 Å². The van der Waals surface area contributed by atoms with Crippen LogP contribution in [0.3, 0.4) is 0 Å². The van der Waals surface area contributed by atoms with E-state index in [2.05, 4.69) is 18.7 Å². The van der Waals surface area contributed by atoms with Gasteiger partial charge in [-0.1, -0.05) is 13.8 Å². The molecule has 2 fully saturated rings. The number of alkyl halides is 1. The van der Waals surface area contributed by atoms with E-state index < -0.39 is 6.17 Å². The number of fused-ring (bicyclic) bond motifs is 1. The zero-order valence-electron chi connectivity index (χ0n) is 8.39. The summed E-state index contributed by atoms with van der Waals surface area (Å²) in [6.07, 6.45) is 0.715. The lowest BCUT2D eigenvalue weighted by Crippen LogP contribution is -2.41. The summed E-state index contributed by atoms with van der Waals surface area (Å²) in [6.45, 7) is 5.93. The number of rotatable bonds is 1. The third kappa shape index (κ3) is 1.38. The van der Waals surface area contributed by atoms with E-state index in [0.717, 1.165) is 13.0 Å². The summed E-state index contributed by atoms with van der Waals surface area (Å²) in [4.78, 5) is 2.14. The van der Waals surface area contributed by atoms with Gasteiger partial charge in [-0.2, -0.15) is 0 Å². The minimum atomic E-state index is -0.733. The van der Waals surface area contributed by atoms with Crippen LogP contribution in [0, 0.1) is 5.41 Å². The summed E-state index contributed by atoms with van der Waals surface area (Å²) in [5.41, 5.74) is 0.00574. The molecule has 2 heterocycles. The van der Waals surface area contributed by atoms with Gasteiger partial charge in [-0.15, -0.1) is 0 Å². The highest BCUT2D eigenvalue weighted by atomic mass is 19.1. The molecule has 2 nitrogen and oxygen atoms in total. The van der Waals surface area contributed by atoms with Crippen LogP contribution in [0.15, 0.2) is 0 Å². The molecular formula is C10H18FNO. The summed E-state index contributed by atoms with van der Waals surface area (Å²) in [7, 11) is 0. The third-order valence-corrected chi connectivity index (χ3v) is 3.41. The molecule has 0 radical (unpaired) electrons. The van der Waals surface area contributed by atoms with Gasteiger partial charge in [-0.25, -0.2) is 4.39 Å². The van der Waals surface area contributed by atoms with E-state index in [1.54, 1.807) is 0 Å². The Kier molecular flexibility index (Phi) is 1.93. The van der Waals surface area contributed by atoms with Crippen LogP contribution in [0.2, 0.25) is 0 Å². The van der Waals surface area contributed by atoms with Crippen molar-refractivity contribution < 1.29 is 9.50 Å². The molecule has 0 aromatic carbocycles. The fraction of sp³-hybridized carbons (Fsp3) is 1.00.